The van der Waals surface area contributed by atoms with Crippen LogP contribution in [0.1, 0.15) is 39.7 Å². The number of aromatic nitrogens is 1. The molecular weight excluding hydrogens is 282 g/mol. The summed E-state index contributed by atoms with van der Waals surface area (Å²) >= 11 is 7.20. The second-order valence-electron chi connectivity index (χ2n) is 4.77. The Bertz CT molecular complexity index is 661. The van der Waals surface area contributed by atoms with Crippen LogP contribution in [0.3, 0.4) is 0 Å². The van der Waals surface area contributed by atoms with Gasteiger partial charge in [0.15, 0.2) is 0 Å². The van der Waals surface area contributed by atoms with E-state index in [9.17, 15) is 9.90 Å². The Hall–Kier alpha value is -1.39. The molecule has 1 aromatic carbocycles. The van der Waals surface area contributed by atoms with Gasteiger partial charge in [-0.2, -0.15) is 0 Å². The number of thiazole rings is 1. The summed E-state index contributed by atoms with van der Waals surface area (Å²) in [5.41, 5.74) is 2.73. The van der Waals surface area contributed by atoms with Crippen molar-refractivity contribution < 1.29 is 9.90 Å². The van der Waals surface area contributed by atoms with Gasteiger partial charge in [0.25, 0.3) is 0 Å². The first-order chi connectivity index (χ1) is 9.06. The van der Waals surface area contributed by atoms with E-state index >= 15 is 0 Å². The van der Waals surface area contributed by atoms with Crippen LogP contribution >= 0.6 is 22.9 Å². The highest BCUT2D eigenvalue weighted by atomic mass is 35.5. The number of aryl methyl sites for hydroxylation is 1. The first kappa shape index (κ1) is 12.6. The fourth-order valence-corrected chi connectivity index (χ4v) is 3.41. The van der Waals surface area contributed by atoms with E-state index < -0.39 is 5.97 Å². The molecule has 1 aliphatic rings. The molecule has 1 heterocycles. The van der Waals surface area contributed by atoms with Crippen LogP contribution in [0.25, 0.3) is 10.6 Å². The van der Waals surface area contributed by atoms with Crippen LogP contribution in [0, 0.1) is 6.92 Å². The first-order valence-corrected chi connectivity index (χ1v) is 7.26. The molecule has 5 heteroatoms. The number of hydrogen-bond donors (Lipinski definition) is 1. The SMILES string of the molecule is Cc1cc(Cl)ccc1-c1nc(C2CC2)c(C(=O)O)s1. The lowest BCUT2D eigenvalue weighted by atomic mass is 10.1. The lowest BCUT2D eigenvalue weighted by Crippen LogP contribution is -1.97. The normalized spacial score (nSPS) is 14.6. The van der Waals surface area contributed by atoms with Crippen LogP contribution in [0.4, 0.5) is 0 Å². The number of aromatic carboxylic acids is 1. The quantitative estimate of drug-likeness (QED) is 0.915. The van der Waals surface area contributed by atoms with Crippen molar-refractivity contribution in [2.75, 3.05) is 0 Å². The van der Waals surface area contributed by atoms with Gasteiger partial charge in [-0.1, -0.05) is 17.7 Å². The van der Waals surface area contributed by atoms with Gasteiger partial charge in [0.1, 0.15) is 9.88 Å². The zero-order valence-corrected chi connectivity index (χ0v) is 11.9. The predicted octanol–water partition coefficient (Wildman–Crippen LogP) is 4.35. The zero-order chi connectivity index (χ0) is 13.6. The van der Waals surface area contributed by atoms with Gasteiger partial charge in [0, 0.05) is 16.5 Å². The standard InChI is InChI=1S/C14H12ClNO2S/c1-7-6-9(15)4-5-10(7)13-16-11(8-2-3-8)12(19-13)14(17)18/h4-6,8H,2-3H2,1H3,(H,17,18). The Labute approximate surface area is 119 Å². The molecule has 0 radical (unpaired) electrons. The molecule has 0 amide bonds. The fourth-order valence-electron chi connectivity index (χ4n) is 2.10. The molecule has 3 rings (SSSR count). The number of carbonyl (C=O) groups is 1. The van der Waals surface area contributed by atoms with E-state index in [1.54, 1.807) is 0 Å². The largest absolute Gasteiger partial charge is 0.477 e. The summed E-state index contributed by atoms with van der Waals surface area (Å²) in [6.07, 6.45) is 2.09. The molecule has 1 fully saturated rings. The molecule has 0 spiro atoms. The average molecular weight is 294 g/mol. The van der Waals surface area contributed by atoms with Crippen molar-refractivity contribution in [2.45, 2.75) is 25.7 Å². The summed E-state index contributed by atoms with van der Waals surface area (Å²) < 4.78 is 0. The lowest BCUT2D eigenvalue weighted by molar-refractivity contribution is 0.0700. The van der Waals surface area contributed by atoms with E-state index in [2.05, 4.69) is 4.98 Å². The van der Waals surface area contributed by atoms with Crippen LogP contribution in [-0.2, 0) is 0 Å². The zero-order valence-electron chi connectivity index (χ0n) is 10.3. The van der Waals surface area contributed by atoms with Gasteiger partial charge < -0.3 is 5.11 Å². The number of carboxylic acids is 1. The van der Waals surface area contributed by atoms with Gasteiger partial charge in [-0.15, -0.1) is 11.3 Å². The number of carboxylic acid groups (broad SMARTS) is 1. The van der Waals surface area contributed by atoms with Crippen molar-refractivity contribution in [3.05, 3.63) is 39.4 Å². The molecule has 0 unspecified atom stereocenters. The molecule has 98 valence electrons. The molecule has 1 saturated carbocycles. The van der Waals surface area contributed by atoms with E-state index in [-0.39, 0.29) is 0 Å². The van der Waals surface area contributed by atoms with Crippen molar-refractivity contribution in [2.24, 2.45) is 0 Å². The molecule has 3 nitrogen and oxygen atoms in total. The number of nitrogens with zero attached hydrogens (tertiary/aromatic N) is 1. The third-order valence-electron chi connectivity index (χ3n) is 3.23. The number of benzene rings is 1. The molecular formula is C14H12ClNO2S. The van der Waals surface area contributed by atoms with Crippen molar-refractivity contribution in [3.8, 4) is 10.6 Å². The minimum atomic E-state index is -0.878. The van der Waals surface area contributed by atoms with E-state index in [4.69, 9.17) is 11.6 Å². The minimum Gasteiger partial charge on any atom is -0.477 e. The molecule has 0 aliphatic heterocycles. The summed E-state index contributed by atoms with van der Waals surface area (Å²) in [5, 5.41) is 10.7. The third kappa shape index (κ3) is 2.38. The van der Waals surface area contributed by atoms with Crippen molar-refractivity contribution in [3.63, 3.8) is 0 Å². The summed E-state index contributed by atoms with van der Waals surface area (Å²) in [6, 6.07) is 5.58. The smallest absolute Gasteiger partial charge is 0.347 e. The van der Waals surface area contributed by atoms with Crippen LogP contribution < -0.4 is 0 Å². The molecule has 1 N–H and O–H groups in total. The number of rotatable bonds is 3. The highest BCUT2D eigenvalue weighted by Gasteiger charge is 2.32. The van der Waals surface area contributed by atoms with Gasteiger partial charge in [0.2, 0.25) is 0 Å². The second-order valence-corrected chi connectivity index (χ2v) is 6.21. The predicted molar refractivity (Wildman–Crippen MR) is 76.2 cm³/mol. The van der Waals surface area contributed by atoms with E-state index in [0.29, 0.717) is 15.8 Å². The Morgan fingerprint density at radius 1 is 1.47 bits per heavy atom. The molecule has 1 aromatic heterocycles. The van der Waals surface area contributed by atoms with Crippen molar-refractivity contribution in [1.29, 1.82) is 0 Å². The second kappa shape index (κ2) is 4.62. The molecule has 0 saturated heterocycles. The minimum absolute atomic E-state index is 0.337. The number of hydrogen-bond acceptors (Lipinski definition) is 3. The Balaban J connectivity index is 2.10. The van der Waals surface area contributed by atoms with Gasteiger partial charge >= 0.3 is 5.97 Å². The maximum Gasteiger partial charge on any atom is 0.347 e. The Morgan fingerprint density at radius 3 is 2.79 bits per heavy atom. The van der Waals surface area contributed by atoms with Crippen molar-refractivity contribution in [1.82, 2.24) is 4.98 Å². The molecule has 0 atom stereocenters. The monoisotopic (exact) mass is 293 g/mol. The summed E-state index contributed by atoms with van der Waals surface area (Å²) in [5.74, 6) is -0.541. The molecule has 19 heavy (non-hydrogen) atoms. The lowest BCUT2D eigenvalue weighted by Gasteiger charge is -2.02. The van der Waals surface area contributed by atoms with E-state index in [1.807, 2.05) is 25.1 Å². The molecule has 2 aromatic rings. The fraction of sp³-hybridized carbons (Fsp3) is 0.286. The van der Waals surface area contributed by atoms with Crippen LogP contribution in [-0.4, -0.2) is 16.1 Å². The highest BCUT2D eigenvalue weighted by Crippen LogP contribution is 2.44. The van der Waals surface area contributed by atoms with Gasteiger partial charge in [0.05, 0.1) is 5.69 Å². The van der Waals surface area contributed by atoms with Crippen LogP contribution in [0.2, 0.25) is 5.02 Å². The number of halogens is 1. The van der Waals surface area contributed by atoms with Crippen LogP contribution in [0.15, 0.2) is 18.2 Å². The van der Waals surface area contributed by atoms with Gasteiger partial charge in [-0.3, -0.25) is 0 Å². The molecule has 1 aliphatic carbocycles. The third-order valence-corrected chi connectivity index (χ3v) is 4.56. The first-order valence-electron chi connectivity index (χ1n) is 6.07. The van der Waals surface area contributed by atoms with Gasteiger partial charge in [-0.05, 0) is 37.5 Å². The highest BCUT2D eigenvalue weighted by molar-refractivity contribution is 7.17. The van der Waals surface area contributed by atoms with Crippen molar-refractivity contribution >= 4 is 28.9 Å². The summed E-state index contributed by atoms with van der Waals surface area (Å²) in [4.78, 5) is 16.2. The van der Waals surface area contributed by atoms with Gasteiger partial charge in [-0.25, -0.2) is 9.78 Å². The average Bonchev–Trinajstić information content (AvgIpc) is 3.09. The topological polar surface area (TPSA) is 50.2 Å². The Morgan fingerprint density at radius 2 is 2.21 bits per heavy atom. The Kier molecular flexibility index (Phi) is 3.07. The summed E-state index contributed by atoms with van der Waals surface area (Å²) in [6.45, 7) is 1.96. The van der Waals surface area contributed by atoms with Crippen LogP contribution in [0.5, 0.6) is 0 Å². The van der Waals surface area contributed by atoms with E-state index in [1.165, 1.54) is 11.3 Å². The maximum absolute atomic E-state index is 11.3. The van der Waals surface area contributed by atoms with E-state index in [0.717, 1.165) is 34.7 Å². The summed E-state index contributed by atoms with van der Waals surface area (Å²) in [7, 11) is 0. The maximum atomic E-state index is 11.3. The molecule has 0 bridgehead atoms.